The fraction of sp³-hybridized carbons (Fsp3) is 0.700. The summed E-state index contributed by atoms with van der Waals surface area (Å²) >= 11 is 0. The van der Waals surface area contributed by atoms with Crippen LogP contribution in [-0.2, 0) is 4.79 Å². The van der Waals surface area contributed by atoms with Gasteiger partial charge in [-0.3, -0.25) is 0 Å². The van der Waals surface area contributed by atoms with Crippen molar-refractivity contribution in [3.8, 4) is 0 Å². The molecule has 0 aromatic rings. The van der Waals surface area contributed by atoms with Gasteiger partial charge < -0.3 is 10.8 Å². The van der Waals surface area contributed by atoms with Crippen LogP contribution in [0, 0.1) is 0 Å². The monoisotopic (exact) mass is 203 g/mol. The second-order valence-electron chi connectivity index (χ2n) is 3.20. The zero-order valence-electron chi connectivity index (χ0n) is 8.34. The van der Waals surface area contributed by atoms with E-state index in [0.29, 0.717) is 13.0 Å². The van der Waals surface area contributed by atoms with Crippen molar-refractivity contribution in [1.29, 1.82) is 0 Å². The van der Waals surface area contributed by atoms with Crippen LogP contribution in [0.25, 0.3) is 0 Å². The maximum absolute atomic E-state index is 12.4. The molecule has 0 radical (unpaired) electrons. The number of rotatable bonds is 8. The van der Waals surface area contributed by atoms with Crippen LogP contribution in [0.2, 0.25) is 0 Å². The highest BCUT2D eigenvalue weighted by molar-refractivity contribution is 5.83. The minimum Gasteiger partial charge on any atom is -0.476 e. The Morgan fingerprint density at radius 1 is 1.21 bits per heavy atom. The average Bonchev–Trinajstić information content (AvgIpc) is 2.16. The summed E-state index contributed by atoms with van der Waals surface area (Å²) in [6.45, 7) is 0.716. The summed E-state index contributed by atoms with van der Waals surface area (Å²) in [6, 6.07) is 0. The first-order chi connectivity index (χ1) is 6.68. The number of carboxylic acid groups (broad SMARTS) is 1. The average molecular weight is 203 g/mol. The second-order valence-corrected chi connectivity index (χ2v) is 3.20. The van der Waals surface area contributed by atoms with Crippen molar-refractivity contribution in [3.05, 3.63) is 11.9 Å². The number of halogens is 1. The smallest absolute Gasteiger partial charge is 0.364 e. The van der Waals surface area contributed by atoms with E-state index in [1.807, 2.05) is 0 Å². The van der Waals surface area contributed by atoms with Crippen molar-refractivity contribution in [2.24, 2.45) is 5.73 Å². The SMILES string of the molecule is NCCCCCCCC=C(F)C(=O)O. The van der Waals surface area contributed by atoms with Gasteiger partial charge in [0, 0.05) is 0 Å². The summed E-state index contributed by atoms with van der Waals surface area (Å²) in [5.74, 6) is -2.53. The molecule has 0 rings (SSSR count). The highest BCUT2D eigenvalue weighted by atomic mass is 19.1. The minimum atomic E-state index is -1.48. The van der Waals surface area contributed by atoms with Crippen LogP contribution in [0.5, 0.6) is 0 Å². The fourth-order valence-corrected chi connectivity index (χ4v) is 1.14. The van der Waals surface area contributed by atoms with E-state index in [4.69, 9.17) is 10.8 Å². The molecule has 0 atom stereocenters. The van der Waals surface area contributed by atoms with E-state index in [2.05, 4.69) is 0 Å². The molecule has 14 heavy (non-hydrogen) atoms. The van der Waals surface area contributed by atoms with Crippen molar-refractivity contribution < 1.29 is 14.3 Å². The summed E-state index contributed by atoms with van der Waals surface area (Å²) in [7, 11) is 0. The van der Waals surface area contributed by atoms with Crippen LogP contribution in [0.3, 0.4) is 0 Å². The number of hydrogen-bond donors (Lipinski definition) is 2. The maximum atomic E-state index is 12.4. The summed E-state index contributed by atoms with van der Waals surface area (Å²) in [6.07, 6.45) is 6.68. The van der Waals surface area contributed by atoms with Gasteiger partial charge in [-0.15, -0.1) is 0 Å². The van der Waals surface area contributed by atoms with E-state index in [0.717, 1.165) is 38.2 Å². The van der Waals surface area contributed by atoms with Crippen molar-refractivity contribution in [3.63, 3.8) is 0 Å². The maximum Gasteiger partial charge on any atom is 0.364 e. The molecule has 0 saturated carbocycles. The van der Waals surface area contributed by atoms with Gasteiger partial charge in [-0.2, -0.15) is 4.39 Å². The van der Waals surface area contributed by atoms with Gasteiger partial charge >= 0.3 is 5.97 Å². The number of unbranched alkanes of at least 4 members (excludes halogenated alkanes) is 5. The molecule has 0 heterocycles. The predicted molar refractivity (Wildman–Crippen MR) is 53.6 cm³/mol. The fourth-order valence-electron chi connectivity index (χ4n) is 1.14. The molecule has 3 N–H and O–H groups in total. The highest BCUT2D eigenvalue weighted by Gasteiger charge is 2.02. The van der Waals surface area contributed by atoms with Gasteiger partial charge in [0.2, 0.25) is 5.83 Å². The molecule has 82 valence electrons. The Hall–Kier alpha value is -0.900. The Morgan fingerprint density at radius 3 is 2.36 bits per heavy atom. The normalized spacial score (nSPS) is 11.7. The molecule has 0 spiro atoms. The third-order valence-electron chi connectivity index (χ3n) is 1.94. The number of allylic oxidation sites excluding steroid dienone is 1. The van der Waals surface area contributed by atoms with E-state index in [1.54, 1.807) is 0 Å². The zero-order chi connectivity index (χ0) is 10.8. The summed E-state index contributed by atoms with van der Waals surface area (Å²) in [5.41, 5.74) is 5.32. The first-order valence-electron chi connectivity index (χ1n) is 4.97. The Balaban J connectivity index is 3.29. The summed E-state index contributed by atoms with van der Waals surface area (Å²) in [5, 5.41) is 8.20. The Bertz CT molecular complexity index is 193. The van der Waals surface area contributed by atoms with Gasteiger partial charge in [0.15, 0.2) is 0 Å². The van der Waals surface area contributed by atoms with E-state index in [1.165, 1.54) is 0 Å². The first-order valence-corrected chi connectivity index (χ1v) is 4.97. The lowest BCUT2D eigenvalue weighted by Gasteiger charge is -1.97. The van der Waals surface area contributed by atoms with Crippen LogP contribution in [0.15, 0.2) is 11.9 Å². The van der Waals surface area contributed by atoms with Gasteiger partial charge in [-0.05, 0) is 31.9 Å². The molecule has 0 bridgehead atoms. The molecule has 0 unspecified atom stereocenters. The molecule has 0 aliphatic rings. The standard InChI is InChI=1S/C10H18FNO2/c11-9(10(13)14)7-5-3-1-2-4-6-8-12/h7H,1-6,8,12H2,(H,13,14). The molecule has 0 fully saturated rings. The van der Waals surface area contributed by atoms with Crippen molar-refractivity contribution in [2.45, 2.75) is 38.5 Å². The molecule has 0 aliphatic carbocycles. The third-order valence-corrected chi connectivity index (χ3v) is 1.94. The van der Waals surface area contributed by atoms with Crippen LogP contribution < -0.4 is 5.73 Å². The molecule has 0 aliphatic heterocycles. The molecule has 0 aromatic heterocycles. The zero-order valence-corrected chi connectivity index (χ0v) is 8.34. The molecule has 0 saturated heterocycles. The number of nitrogens with two attached hydrogens (primary N) is 1. The van der Waals surface area contributed by atoms with Crippen LogP contribution in [-0.4, -0.2) is 17.6 Å². The summed E-state index contributed by atoms with van der Waals surface area (Å²) < 4.78 is 12.4. The van der Waals surface area contributed by atoms with Gasteiger partial charge in [-0.1, -0.05) is 19.3 Å². The molecule has 4 heteroatoms. The Labute approximate surface area is 83.8 Å². The number of carbonyl (C=O) groups is 1. The van der Waals surface area contributed by atoms with Gasteiger partial charge in [0.05, 0.1) is 0 Å². The predicted octanol–water partition coefficient (Wildman–Crippen LogP) is 2.22. The Morgan fingerprint density at radius 2 is 1.79 bits per heavy atom. The number of carboxylic acids is 1. The van der Waals surface area contributed by atoms with Crippen molar-refractivity contribution in [1.82, 2.24) is 0 Å². The quantitative estimate of drug-likeness (QED) is 0.469. The molecular formula is C10H18FNO2. The largest absolute Gasteiger partial charge is 0.476 e. The van der Waals surface area contributed by atoms with E-state index in [9.17, 15) is 9.18 Å². The van der Waals surface area contributed by atoms with Crippen LogP contribution in [0.1, 0.15) is 38.5 Å². The van der Waals surface area contributed by atoms with Gasteiger partial charge in [0.1, 0.15) is 0 Å². The lowest BCUT2D eigenvalue weighted by Crippen LogP contribution is -1.97. The lowest BCUT2D eigenvalue weighted by molar-refractivity contribution is -0.134. The van der Waals surface area contributed by atoms with Crippen molar-refractivity contribution in [2.75, 3.05) is 6.54 Å². The first kappa shape index (κ1) is 13.1. The van der Waals surface area contributed by atoms with E-state index in [-0.39, 0.29) is 0 Å². The van der Waals surface area contributed by atoms with Crippen LogP contribution in [0.4, 0.5) is 4.39 Å². The van der Waals surface area contributed by atoms with Crippen molar-refractivity contribution >= 4 is 5.97 Å². The van der Waals surface area contributed by atoms with Gasteiger partial charge in [0.25, 0.3) is 0 Å². The van der Waals surface area contributed by atoms with E-state index < -0.39 is 11.8 Å². The highest BCUT2D eigenvalue weighted by Crippen LogP contribution is 2.07. The minimum absolute atomic E-state index is 0.501. The van der Waals surface area contributed by atoms with E-state index >= 15 is 0 Å². The van der Waals surface area contributed by atoms with Crippen LogP contribution >= 0.6 is 0 Å². The number of hydrogen-bond acceptors (Lipinski definition) is 2. The molecule has 0 aromatic carbocycles. The Kier molecular flexibility index (Phi) is 8.13. The van der Waals surface area contributed by atoms with Gasteiger partial charge in [-0.25, -0.2) is 4.79 Å². The molecule has 0 amide bonds. The third kappa shape index (κ3) is 7.73. The molecular weight excluding hydrogens is 185 g/mol. The molecule has 3 nitrogen and oxygen atoms in total. The lowest BCUT2D eigenvalue weighted by atomic mass is 10.1. The topological polar surface area (TPSA) is 63.3 Å². The summed E-state index contributed by atoms with van der Waals surface area (Å²) in [4.78, 5) is 10.0. The number of aliphatic carboxylic acids is 1. The second kappa shape index (κ2) is 8.69.